The predicted molar refractivity (Wildman–Crippen MR) is 48.0 cm³/mol. The number of nitriles is 1. The van der Waals surface area contributed by atoms with Gasteiger partial charge in [0.15, 0.2) is 0 Å². The van der Waals surface area contributed by atoms with Crippen molar-refractivity contribution in [2.75, 3.05) is 19.8 Å². The van der Waals surface area contributed by atoms with Crippen LogP contribution in [0.15, 0.2) is 0 Å². The normalized spacial score (nSPS) is 38.3. The summed E-state index contributed by atoms with van der Waals surface area (Å²) in [6.45, 7) is 5.87. The van der Waals surface area contributed by atoms with Crippen LogP contribution in [0.2, 0.25) is 0 Å². The molecule has 0 N–H and O–H groups in total. The van der Waals surface area contributed by atoms with Gasteiger partial charge in [-0.05, 0) is 5.92 Å². The molecule has 0 saturated carbocycles. The molecule has 2 bridgehead atoms. The smallest absolute Gasteiger partial charge is 0.299 e. The van der Waals surface area contributed by atoms with E-state index in [9.17, 15) is 0 Å². The lowest BCUT2D eigenvalue weighted by Gasteiger charge is -2.47. The standard InChI is InChI=1S/C10H15NO3/c1-7(2)9(3-11)10-12-4-8(5-13-10)6-14-10/h7-9H,4-6H2,1-2H3. The minimum absolute atomic E-state index is 0.162. The van der Waals surface area contributed by atoms with Gasteiger partial charge in [0.25, 0.3) is 5.97 Å². The molecule has 3 fully saturated rings. The lowest BCUT2D eigenvalue weighted by molar-refractivity contribution is -0.464. The summed E-state index contributed by atoms with van der Waals surface area (Å²) in [6, 6.07) is 2.21. The molecule has 4 nitrogen and oxygen atoms in total. The fourth-order valence-electron chi connectivity index (χ4n) is 1.88. The number of hydrogen-bond acceptors (Lipinski definition) is 4. The van der Waals surface area contributed by atoms with Crippen molar-refractivity contribution in [3.63, 3.8) is 0 Å². The van der Waals surface area contributed by atoms with Gasteiger partial charge in [-0.25, -0.2) is 0 Å². The van der Waals surface area contributed by atoms with Gasteiger partial charge < -0.3 is 14.2 Å². The lowest BCUT2D eigenvalue weighted by Crippen LogP contribution is -2.58. The maximum absolute atomic E-state index is 9.07. The third-order valence-electron chi connectivity index (χ3n) is 2.75. The Hall–Kier alpha value is -0.630. The summed E-state index contributed by atoms with van der Waals surface area (Å²) in [5, 5.41) is 9.07. The van der Waals surface area contributed by atoms with Gasteiger partial charge in [0, 0.05) is 5.92 Å². The molecule has 78 valence electrons. The van der Waals surface area contributed by atoms with E-state index in [0.29, 0.717) is 25.7 Å². The Morgan fingerprint density at radius 1 is 1.21 bits per heavy atom. The van der Waals surface area contributed by atoms with E-state index in [4.69, 9.17) is 19.5 Å². The van der Waals surface area contributed by atoms with Crippen LogP contribution in [-0.2, 0) is 14.2 Å². The van der Waals surface area contributed by atoms with Crippen LogP contribution in [0.25, 0.3) is 0 Å². The summed E-state index contributed by atoms with van der Waals surface area (Å²) >= 11 is 0. The fraction of sp³-hybridized carbons (Fsp3) is 0.900. The average Bonchev–Trinajstić information content (AvgIpc) is 2.20. The number of ether oxygens (including phenoxy) is 3. The molecular formula is C10H15NO3. The van der Waals surface area contributed by atoms with Crippen LogP contribution in [0.3, 0.4) is 0 Å². The maximum Gasteiger partial charge on any atom is 0.299 e. The minimum atomic E-state index is -1.09. The fourth-order valence-corrected chi connectivity index (χ4v) is 1.88. The molecule has 0 aromatic carbocycles. The van der Waals surface area contributed by atoms with Crippen molar-refractivity contribution in [2.24, 2.45) is 17.8 Å². The van der Waals surface area contributed by atoms with Gasteiger partial charge in [-0.2, -0.15) is 5.26 Å². The van der Waals surface area contributed by atoms with E-state index in [1.54, 1.807) is 0 Å². The second kappa shape index (κ2) is 3.50. The van der Waals surface area contributed by atoms with Gasteiger partial charge >= 0.3 is 0 Å². The Morgan fingerprint density at radius 2 is 1.71 bits per heavy atom. The highest BCUT2D eigenvalue weighted by Gasteiger charge is 2.52. The summed E-state index contributed by atoms with van der Waals surface area (Å²) in [5.74, 6) is -0.945. The topological polar surface area (TPSA) is 51.5 Å². The molecule has 4 heteroatoms. The molecule has 0 aromatic heterocycles. The zero-order valence-corrected chi connectivity index (χ0v) is 8.53. The molecule has 0 spiro atoms. The molecule has 0 aromatic rings. The molecule has 3 saturated heterocycles. The van der Waals surface area contributed by atoms with Crippen molar-refractivity contribution in [1.29, 1.82) is 5.26 Å². The zero-order valence-electron chi connectivity index (χ0n) is 8.53. The van der Waals surface area contributed by atoms with Crippen molar-refractivity contribution in [3.05, 3.63) is 0 Å². The Bertz CT molecular complexity index is 237. The van der Waals surface area contributed by atoms with E-state index in [1.807, 2.05) is 13.8 Å². The molecule has 1 atom stereocenters. The van der Waals surface area contributed by atoms with Gasteiger partial charge in [0.2, 0.25) is 0 Å². The van der Waals surface area contributed by atoms with Gasteiger partial charge in [-0.1, -0.05) is 13.8 Å². The number of rotatable bonds is 2. The van der Waals surface area contributed by atoms with Crippen molar-refractivity contribution in [2.45, 2.75) is 19.8 Å². The third-order valence-corrected chi connectivity index (χ3v) is 2.75. The zero-order chi connectivity index (χ0) is 10.2. The van der Waals surface area contributed by atoms with Crippen LogP contribution < -0.4 is 0 Å². The molecule has 0 radical (unpaired) electrons. The summed E-state index contributed by atoms with van der Waals surface area (Å²) < 4.78 is 16.5. The Morgan fingerprint density at radius 3 is 2.07 bits per heavy atom. The summed E-state index contributed by atoms with van der Waals surface area (Å²) in [7, 11) is 0. The third kappa shape index (κ3) is 1.42. The predicted octanol–water partition coefficient (Wildman–Crippen LogP) is 1.13. The summed E-state index contributed by atoms with van der Waals surface area (Å²) in [4.78, 5) is 0. The first-order valence-corrected chi connectivity index (χ1v) is 4.99. The van der Waals surface area contributed by atoms with Gasteiger partial charge in [-0.15, -0.1) is 0 Å². The van der Waals surface area contributed by atoms with Crippen LogP contribution in [0.5, 0.6) is 0 Å². The second-order valence-corrected chi connectivity index (χ2v) is 4.25. The SMILES string of the molecule is CC(C)C(C#N)C12OCC(CO1)CO2. The first-order valence-electron chi connectivity index (χ1n) is 4.99. The van der Waals surface area contributed by atoms with Crippen LogP contribution >= 0.6 is 0 Å². The molecule has 0 amide bonds. The molecule has 14 heavy (non-hydrogen) atoms. The molecule has 3 heterocycles. The summed E-state index contributed by atoms with van der Waals surface area (Å²) in [6.07, 6.45) is 0. The molecular weight excluding hydrogens is 182 g/mol. The van der Waals surface area contributed by atoms with Gasteiger partial charge in [-0.3, -0.25) is 0 Å². The van der Waals surface area contributed by atoms with E-state index in [1.165, 1.54) is 0 Å². The molecule has 3 aliphatic heterocycles. The Balaban J connectivity index is 2.17. The lowest BCUT2D eigenvalue weighted by atomic mass is 9.93. The Labute approximate surface area is 83.7 Å². The van der Waals surface area contributed by atoms with E-state index in [-0.39, 0.29) is 11.8 Å². The number of nitrogens with zero attached hydrogens (tertiary/aromatic N) is 1. The second-order valence-electron chi connectivity index (χ2n) is 4.25. The Kier molecular flexibility index (Phi) is 2.48. The number of fused-ring (bicyclic) bond motifs is 3. The van der Waals surface area contributed by atoms with Gasteiger partial charge in [0.05, 0.1) is 25.9 Å². The highest BCUT2D eigenvalue weighted by atomic mass is 16.9. The first kappa shape index (κ1) is 9.91. The highest BCUT2D eigenvalue weighted by molar-refractivity contribution is 4.95. The van der Waals surface area contributed by atoms with Crippen LogP contribution in [0.1, 0.15) is 13.8 Å². The average molecular weight is 197 g/mol. The molecule has 0 aliphatic carbocycles. The molecule has 1 unspecified atom stereocenters. The maximum atomic E-state index is 9.07. The monoisotopic (exact) mass is 197 g/mol. The minimum Gasteiger partial charge on any atom is -0.326 e. The first-order chi connectivity index (χ1) is 6.68. The van der Waals surface area contributed by atoms with E-state index in [2.05, 4.69) is 6.07 Å². The quantitative estimate of drug-likeness (QED) is 0.665. The van der Waals surface area contributed by atoms with Crippen molar-refractivity contribution >= 4 is 0 Å². The highest BCUT2D eigenvalue weighted by Crippen LogP contribution is 2.38. The van der Waals surface area contributed by atoms with Crippen LogP contribution in [-0.4, -0.2) is 25.8 Å². The van der Waals surface area contributed by atoms with E-state index >= 15 is 0 Å². The molecule has 3 rings (SSSR count). The van der Waals surface area contributed by atoms with Gasteiger partial charge in [0.1, 0.15) is 5.92 Å². The summed E-state index contributed by atoms with van der Waals surface area (Å²) in [5.41, 5.74) is 0. The molecule has 3 aliphatic rings. The van der Waals surface area contributed by atoms with E-state index < -0.39 is 5.97 Å². The number of hydrogen-bond donors (Lipinski definition) is 0. The van der Waals surface area contributed by atoms with Crippen LogP contribution in [0, 0.1) is 29.1 Å². The van der Waals surface area contributed by atoms with Crippen molar-refractivity contribution in [1.82, 2.24) is 0 Å². The van der Waals surface area contributed by atoms with Crippen molar-refractivity contribution < 1.29 is 14.2 Å². The van der Waals surface area contributed by atoms with Crippen molar-refractivity contribution in [3.8, 4) is 6.07 Å². The van der Waals surface area contributed by atoms with Crippen LogP contribution in [0.4, 0.5) is 0 Å². The largest absolute Gasteiger partial charge is 0.326 e. The van der Waals surface area contributed by atoms with E-state index in [0.717, 1.165) is 0 Å².